The molecule has 1 aliphatic heterocycles. The summed E-state index contributed by atoms with van der Waals surface area (Å²) in [6.45, 7) is 5.78. The summed E-state index contributed by atoms with van der Waals surface area (Å²) in [5, 5.41) is 22.2. The van der Waals surface area contributed by atoms with Gasteiger partial charge >= 0.3 is 5.69 Å². The number of anilines is 1. The van der Waals surface area contributed by atoms with Gasteiger partial charge in [0, 0.05) is 18.0 Å². The Kier molecular flexibility index (Phi) is 5.16. The van der Waals surface area contributed by atoms with Crippen molar-refractivity contribution in [2.45, 2.75) is 49.2 Å². The topological polar surface area (TPSA) is 96.6 Å². The molecule has 2 rings (SSSR count). The van der Waals surface area contributed by atoms with Gasteiger partial charge in [-0.05, 0) is 6.07 Å². The lowest BCUT2D eigenvalue weighted by Gasteiger charge is -2.28. The van der Waals surface area contributed by atoms with Crippen LogP contribution in [0.3, 0.4) is 0 Å². The van der Waals surface area contributed by atoms with Crippen LogP contribution in [0.1, 0.15) is 27.0 Å². The van der Waals surface area contributed by atoms with E-state index in [0.29, 0.717) is 5.82 Å². The first-order valence-corrected chi connectivity index (χ1v) is 8.04. The van der Waals surface area contributed by atoms with Crippen LogP contribution in [0, 0.1) is 0 Å². The largest absolute Gasteiger partial charge is 0.394 e. The molecule has 1 aromatic rings. The molecule has 0 saturated carbocycles. The van der Waals surface area contributed by atoms with Crippen molar-refractivity contribution in [3.63, 3.8) is 0 Å². The molecule has 0 amide bonds. The highest BCUT2D eigenvalue weighted by Crippen LogP contribution is 2.42. The number of hydrogen-bond donors (Lipinski definition) is 3. The maximum Gasteiger partial charge on any atom is 0.351 e. The predicted molar refractivity (Wildman–Crippen MR) is 86.2 cm³/mol. The normalized spacial score (nSPS) is 28.8. The van der Waals surface area contributed by atoms with Gasteiger partial charge in [0.25, 0.3) is 0 Å². The highest BCUT2D eigenvalue weighted by atomic mass is 32.2. The van der Waals surface area contributed by atoms with Crippen molar-refractivity contribution in [2.24, 2.45) is 0 Å². The Balaban J connectivity index is 2.36. The first-order valence-electron chi connectivity index (χ1n) is 7.16. The number of ether oxygens (including phenoxy) is 1. The minimum Gasteiger partial charge on any atom is -0.394 e. The van der Waals surface area contributed by atoms with E-state index >= 15 is 0 Å². The van der Waals surface area contributed by atoms with Gasteiger partial charge in [-0.25, -0.2) is 4.79 Å². The lowest BCUT2D eigenvalue weighted by Crippen LogP contribution is -2.36. The van der Waals surface area contributed by atoms with Crippen molar-refractivity contribution < 1.29 is 14.9 Å². The Labute approximate surface area is 133 Å². The molecule has 0 bridgehead atoms. The number of nitrogens with one attached hydrogen (secondary N) is 1. The van der Waals surface area contributed by atoms with E-state index in [1.807, 2.05) is 20.8 Å². The van der Waals surface area contributed by atoms with Gasteiger partial charge in [-0.3, -0.25) is 4.57 Å². The van der Waals surface area contributed by atoms with Gasteiger partial charge in [0.1, 0.15) is 11.9 Å². The van der Waals surface area contributed by atoms with Gasteiger partial charge in [0.15, 0.2) is 6.23 Å². The molecule has 7 nitrogen and oxygen atoms in total. The van der Waals surface area contributed by atoms with Crippen molar-refractivity contribution in [3.8, 4) is 0 Å². The van der Waals surface area contributed by atoms with Crippen LogP contribution in [0.2, 0.25) is 0 Å². The van der Waals surface area contributed by atoms with Crippen LogP contribution in [-0.2, 0) is 4.74 Å². The number of hydrogen-bond acceptors (Lipinski definition) is 7. The third kappa shape index (κ3) is 3.62. The zero-order valence-electron chi connectivity index (χ0n) is 13.2. The van der Waals surface area contributed by atoms with Crippen LogP contribution < -0.4 is 11.0 Å². The second-order valence-electron chi connectivity index (χ2n) is 6.19. The van der Waals surface area contributed by atoms with Gasteiger partial charge in [-0.2, -0.15) is 4.98 Å². The SMILES string of the molecule is CNc1ccn([C@H]2O[C@@H](CO)[C@H](O)[C@@H]2SC(C)(C)C)c(=O)n1. The molecule has 0 unspecified atom stereocenters. The zero-order valence-corrected chi connectivity index (χ0v) is 14.0. The smallest absolute Gasteiger partial charge is 0.351 e. The Hall–Kier alpha value is -1.09. The number of aliphatic hydroxyl groups is 2. The lowest BCUT2D eigenvalue weighted by atomic mass is 10.2. The van der Waals surface area contributed by atoms with Gasteiger partial charge in [-0.15, -0.1) is 11.8 Å². The molecule has 2 heterocycles. The second-order valence-corrected chi connectivity index (χ2v) is 8.19. The molecule has 0 aliphatic carbocycles. The van der Waals surface area contributed by atoms with E-state index in [9.17, 15) is 15.0 Å². The van der Waals surface area contributed by atoms with E-state index < -0.39 is 24.1 Å². The van der Waals surface area contributed by atoms with E-state index in [-0.39, 0.29) is 16.6 Å². The Bertz CT molecular complexity index is 572. The molecule has 1 aromatic heterocycles. The third-order valence-corrected chi connectivity index (χ3v) is 4.83. The Morgan fingerprint density at radius 3 is 2.68 bits per heavy atom. The molecule has 22 heavy (non-hydrogen) atoms. The van der Waals surface area contributed by atoms with Crippen molar-refractivity contribution in [2.75, 3.05) is 19.0 Å². The van der Waals surface area contributed by atoms with Crippen LogP contribution in [0.4, 0.5) is 5.82 Å². The first-order chi connectivity index (χ1) is 10.3. The minimum absolute atomic E-state index is 0.125. The molecule has 8 heteroatoms. The van der Waals surface area contributed by atoms with Crippen molar-refractivity contribution in [1.29, 1.82) is 0 Å². The molecule has 124 valence electrons. The third-order valence-electron chi connectivity index (χ3n) is 3.34. The number of aromatic nitrogens is 2. The van der Waals surface area contributed by atoms with Gasteiger partial charge in [-0.1, -0.05) is 20.8 Å². The van der Waals surface area contributed by atoms with Crippen LogP contribution in [-0.4, -0.2) is 55.6 Å². The molecular formula is C14H23N3O4S. The zero-order chi connectivity index (χ0) is 16.5. The standard InChI is InChI=1S/C14H23N3O4S/c1-14(2,3)22-11-10(19)8(7-18)21-12(11)17-6-5-9(15-4)16-13(17)20/h5-6,8,10-12,18-19H,7H2,1-4H3,(H,15,16,20)/t8-,10-,11-,12-/m0/s1. The molecule has 1 aliphatic rings. The molecule has 4 atom stereocenters. The van der Waals surface area contributed by atoms with E-state index in [1.54, 1.807) is 19.3 Å². The predicted octanol–water partition coefficient (Wildman–Crippen LogP) is 0.436. The summed E-state index contributed by atoms with van der Waals surface area (Å²) in [7, 11) is 1.68. The summed E-state index contributed by atoms with van der Waals surface area (Å²) >= 11 is 1.52. The summed E-state index contributed by atoms with van der Waals surface area (Å²) in [6, 6.07) is 1.67. The highest BCUT2D eigenvalue weighted by Gasteiger charge is 2.46. The molecule has 0 aromatic carbocycles. The van der Waals surface area contributed by atoms with E-state index in [4.69, 9.17) is 4.74 Å². The highest BCUT2D eigenvalue weighted by molar-refractivity contribution is 8.01. The van der Waals surface area contributed by atoms with E-state index in [1.165, 1.54) is 16.3 Å². The number of rotatable bonds is 4. The summed E-state index contributed by atoms with van der Waals surface area (Å²) in [5.74, 6) is 0.471. The number of thioether (sulfide) groups is 1. The fraction of sp³-hybridized carbons (Fsp3) is 0.714. The second kappa shape index (κ2) is 6.57. The van der Waals surface area contributed by atoms with Gasteiger partial charge in [0.2, 0.25) is 0 Å². The summed E-state index contributed by atoms with van der Waals surface area (Å²) in [6.07, 6.45) is -0.632. The summed E-state index contributed by atoms with van der Waals surface area (Å²) in [4.78, 5) is 16.1. The number of nitrogens with zero attached hydrogens (tertiary/aromatic N) is 2. The maximum atomic E-state index is 12.2. The summed E-state index contributed by atoms with van der Waals surface area (Å²) < 4.78 is 6.94. The molecule has 1 fully saturated rings. The van der Waals surface area contributed by atoms with Crippen LogP contribution >= 0.6 is 11.8 Å². The van der Waals surface area contributed by atoms with E-state index in [0.717, 1.165) is 0 Å². The van der Waals surface area contributed by atoms with Crippen molar-refractivity contribution >= 4 is 17.6 Å². The molecule has 0 spiro atoms. The maximum absolute atomic E-state index is 12.2. The lowest BCUT2D eigenvalue weighted by molar-refractivity contribution is -0.0456. The minimum atomic E-state index is -0.852. The Morgan fingerprint density at radius 1 is 1.50 bits per heavy atom. The van der Waals surface area contributed by atoms with Crippen LogP contribution in [0.25, 0.3) is 0 Å². The summed E-state index contributed by atoms with van der Waals surface area (Å²) in [5.41, 5.74) is -0.456. The van der Waals surface area contributed by atoms with Crippen LogP contribution in [0.15, 0.2) is 17.1 Å². The monoisotopic (exact) mass is 329 g/mol. The van der Waals surface area contributed by atoms with Gasteiger partial charge < -0.3 is 20.3 Å². The molecule has 1 saturated heterocycles. The fourth-order valence-electron chi connectivity index (χ4n) is 2.37. The number of aliphatic hydroxyl groups excluding tert-OH is 2. The average Bonchev–Trinajstić information content (AvgIpc) is 2.74. The van der Waals surface area contributed by atoms with Gasteiger partial charge in [0.05, 0.1) is 18.0 Å². The van der Waals surface area contributed by atoms with E-state index in [2.05, 4.69) is 10.3 Å². The average molecular weight is 329 g/mol. The quantitative estimate of drug-likeness (QED) is 0.737. The molecule has 3 N–H and O–H groups in total. The molecular weight excluding hydrogens is 306 g/mol. The van der Waals surface area contributed by atoms with Crippen molar-refractivity contribution in [1.82, 2.24) is 9.55 Å². The van der Waals surface area contributed by atoms with Crippen LogP contribution in [0.5, 0.6) is 0 Å². The fourth-order valence-corrected chi connectivity index (χ4v) is 3.82. The molecule has 0 radical (unpaired) electrons. The first kappa shape index (κ1) is 17.3. The van der Waals surface area contributed by atoms with Crippen molar-refractivity contribution in [3.05, 3.63) is 22.7 Å². The Morgan fingerprint density at radius 2 is 2.18 bits per heavy atom.